The summed E-state index contributed by atoms with van der Waals surface area (Å²) in [5, 5.41) is 2.93. The number of carbonyl (C=O) groups excluding carboxylic acids is 2. The maximum atomic E-state index is 12.8. The van der Waals surface area contributed by atoms with E-state index in [-0.39, 0.29) is 30.4 Å². The highest BCUT2D eigenvalue weighted by molar-refractivity contribution is 6.01. The number of ether oxygens (including phenoxy) is 2. The van der Waals surface area contributed by atoms with Crippen molar-refractivity contribution in [3.8, 4) is 11.5 Å². The normalized spacial score (nSPS) is 19.4. The quantitative estimate of drug-likeness (QED) is 0.854. The first-order chi connectivity index (χ1) is 13.2. The summed E-state index contributed by atoms with van der Waals surface area (Å²) in [6.45, 7) is 3.17. The molecule has 0 saturated heterocycles. The minimum absolute atomic E-state index is 0.0203. The van der Waals surface area contributed by atoms with Gasteiger partial charge >= 0.3 is 0 Å². The third-order valence-corrected chi connectivity index (χ3v) is 5.00. The van der Waals surface area contributed by atoms with Crippen molar-refractivity contribution >= 4 is 17.5 Å². The summed E-state index contributed by atoms with van der Waals surface area (Å²) in [7, 11) is 0. The van der Waals surface area contributed by atoms with Crippen molar-refractivity contribution in [1.29, 1.82) is 0 Å². The van der Waals surface area contributed by atoms with Gasteiger partial charge in [-0.1, -0.05) is 24.3 Å². The second-order valence-electron chi connectivity index (χ2n) is 6.77. The Balaban J connectivity index is 1.32. The van der Waals surface area contributed by atoms with Crippen molar-refractivity contribution in [2.24, 2.45) is 11.8 Å². The summed E-state index contributed by atoms with van der Waals surface area (Å²) >= 11 is 0. The molecule has 2 amide bonds. The monoisotopic (exact) mass is 366 g/mol. The Morgan fingerprint density at radius 2 is 1.85 bits per heavy atom. The fourth-order valence-electron chi connectivity index (χ4n) is 3.40. The smallest absolute Gasteiger partial charge is 0.231 e. The predicted molar refractivity (Wildman–Crippen MR) is 100 cm³/mol. The van der Waals surface area contributed by atoms with E-state index in [1.807, 2.05) is 55.5 Å². The van der Waals surface area contributed by atoms with E-state index in [0.717, 1.165) is 17.0 Å². The summed E-state index contributed by atoms with van der Waals surface area (Å²) < 4.78 is 10.6. The van der Waals surface area contributed by atoms with Crippen molar-refractivity contribution in [2.75, 3.05) is 18.2 Å². The molecule has 2 aromatic rings. The number of carbonyl (C=O) groups is 2. The third-order valence-electron chi connectivity index (χ3n) is 5.00. The lowest BCUT2D eigenvalue weighted by atomic mass is 10.2. The van der Waals surface area contributed by atoms with E-state index in [1.165, 1.54) is 0 Å². The van der Waals surface area contributed by atoms with E-state index in [4.69, 9.17) is 9.47 Å². The third kappa shape index (κ3) is 3.60. The molecule has 2 atom stereocenters. The second-order valence-corrected chi connectivity index (χ2v) is 6.77. The van der Waals surface area contributed by atoms with E-state index in [1.54, 1.807) is 4.90 Å². The van der Waals surface area contributed by atoms with Crippen molar-refractivity contribution in [2.45, 2.75) is 19.9 Å². The maximum absolute atomic E-state index is 12.8. The lowest BCUT2D eigenvalue weighted by molar-refractivity contribution is -0.126. The maximum Gasteiger partial charge on any atom is 0.231 e. The predicted octanol–water partition coefficient (Wildman–Crippen LogP) is 2.72. The van der Waals surface area contributed by atoms with Crippen molar-refractivity contribution in [3.63, 3.8) is 0 Å². The summed E-state index contributed by atoms with van der Waals surface area (Å²) in [6.07, 6.45) is 0.606. The van der Waals surface area contributed by atoms with Crippen LogP contribution in [0.5, 0.6) is 11.5 Å². The number of amides is 2. The number of para-hydroxylation sites is 1. The summed E-state index contributed by atoms with van der Waals surface area (Å²) in [5.74, 6) is 0.884. The fourth-order valence-corrected chi connectivity index (χ4v) is 3.40. The Morgan fingerprint density at radius 3 is 2.63 bits per heavy atom. The van der Waals surface area contributed by atoms with Crippen LogP contribution in [0.1, 0.15) is 18.9 Å². The first kappa shape index (κ1) is 17.4. The van der Waals surface area contributed by atoms with Crippen LogP contribution in [0.3, 0.4) is 0 Å². The van der Waals surface area contributed by atoms with Crippen LogP contribution in [0.2, 0.25) is 0 Å². The molecule has 2 aliphatic rings. The van der Waals surface area contributed by atoms with Gasteiger partial charge in [0, 0.05) is 18.8 Å². The number of hydrogen-bond donors (Lipinski definition) is 1. The van der Waals surface area contributed by atoms with Gasteiger partial charge < -0.3 is 19.7 Å². The minimum atomic E-state index is -0.246. The molecule has 27 heavy (non-hydrogen) atoms. The largest absolute Gasteiger partial charge is 0.454 e. The summed E-state index contributed by atoms with van der Waals surface area (Å²) in [6, 6.07) is 15.2. The summed E-state index contributed by atoms with van der Waals surface area (Å²) in [5.41, 5.74) is 1.81. The highest BCUT2D eigenvalue weighted by Crippen LogP contribution is 2.41. The summed E-state index contributed by atoms with van der Waals surface area (Å²) in [4.78, 5) is 27.0. The first-order valence-corrected chi connectivity index (χ1v) is 9.20. The van der Waals surface area contributed by atoms with Crippen LogP contribution in [0.25, 0.3) is 0 Å². The average Bonchev–Trinajstić information content (AvgIpc) is 3.37. The Bertz CT molecular complexity index is 853. The number of anilines is 1. The molecule has 0 radical (unpaired) electrons. The van der Waals surface area contributed by atoms with Crippen LogP contribution in [-0.2, 0) is 16.1 Å². The first-order valence-electron chi connectivity index (χ1n) is 9.20. The van der Waals surface area contributed by atoms with E-state index in [2.05, 4.69) is 5.32 Å². The van der Waals surface area contributed by atoms with Crippen LogP contribution in [0.4, 0.5) is 5.69 Å². The molecular formula is C21H22N2O4. The molecule has 1 aliphatic heterocycles. The zero-order valence-corrected chi connectivity index (χ0v) is 15.2. The van der Waals surface area contributed by atoms with Crippen LogP contribution in [0, 0.1) is 11.8 Å². The van der Waals surface area contributed by atoms with Crippen molar-refractivity contribution < 1.29 is 19.1 Å². The molecule has 1 aliphatic carbocycles. The number of nitrogens with zero attached hydrogens (tertiary/aromatic N) is 1. The Labute approximate surface area is 158 Å². The van der Waals surface area contributed by atoms with Gasteiger partial charge in [-0.2, -0.15) is 0 Å². The lowest BCUT2D eigenvalue weighted by Gasteiger charge is -2.21. The highest BCUT2D eigenvalue weighted by Gasteiger charge is 2.49. The molecule has 6 nitrogen and oxygen atoms in total. The molecule has 1 N–H and O–H groups in total. The number of benzene rings is 2. The SMILES string of the molecule is CCN(C(=O)C1CC1C(=O)NCc1ccc2c(c1)OCO2)c1ccccc1. The van der Waals surface area contributed by atoms with E-state index in [9.17, 15) is 9.59 Å². The van der Waals surface area contributed by atoms with Gasteiger partial charge in [0.2, 0.25) is 18.6 Å². The van der Waals surface area contributed by atoms with Crippen LogP contribution in [0.15, 0.2) is 48.5 Å². The molecule has 0 spiro atoms. The topological polar surface area (TPSA) is 67.9 Å². The zero-order valence-electron chi connectivity index (χ0n) is 15.2. The van der Waals surface area contributed by atoms with Crippen LogP contribution < -0.4 is 19.7 Å². The minimum Gasteiger partial charge on any atom is -0.454 e. The van der Waals surface area contributed by atoms with Crippen molar-refractivity contribution in [3.05, 3.63) is 54.1 Å². The zero-order chi connectivity index (χ0) is 18.8. The van der Waals surface area contributed by atoms with Crippen LogP contribution >= 0.6 is 0 Å². The molecule has 0 bridgehead atoms. The molecule has 2 aromatic carbocycles. The molecule has 6 heteroatoms. The average molecular weight is 366 g/mol. The molecule has 1 heterocycles. The van der Waals surface area contributed by atoms with Gasteiger partial charge in [-0.25, -0.2) is 0 Å². The number of fused-ring (bicyclic) bond motifs is 1. The van der Waals surface area contributed by atoms with Gasteiger partial charge in [0.15, 0.2) is 11.5 Å². The Morgan fingerprint density at radius 1 is 1.07 bits per heavy atom. The van der Waals surface area contributed by atoms with Gasteiger partial charge in [0.1, 0.15) is 0 Å². The van der Waals surface area contributed by atoms with E-state index < -0.39 is 0 Å². The Hall–Kier alpha value is -3.02. The lowest BCUT2D eigenvalue weighted by Crippen LogP contribution is -2.34. The fraction of sp³-hybridized carbons (Fsp3) is 0.333. The van der Waals surface area contributed by atoms with Gasteiger partial charge in [-0.3, -0.25) is 9.59 Å². The van der Waals surface area contributed by atoms with E-state index >= 15 is 0 Å². The molecule has 2 unspecified atom stereocenters. The standard InChI is InChI=1S/C21H22N2O4/c1-2-23(15-6-4-3-5-7-15)21(25)17-11-16(17)20(24)22-12-14-8-9-18-19(10-14)27-13-26-18/h3-10,16-17H,2,11-13H2,1H3,(H,22,24). The number of nitrogens with one attached hydrogen (secondary N) is 1. The van der Waals surface area contributed by atoms with Gasteiger partial charge in [0.05, 0.1) is 11.8 Å². The van der Waals surface area contributed by atoms with E-state index in [0.29, 0.717) is 25.3 Å². The number of hydrogen-bond acceptors (Lipinski definition) is 4. The Kier molecular flexibility index (Phi) is 4.71. The van der Waals surface area contributed by atoms with Gasteiger partial charge in [-0.15, -0.1) is 0 Å². The molecule has 1 saturated carbocycles. The molecule has 140 valence electrons. The highest BCUT2D eigenvalue weighted by atomic mass is 16.7. The molecule has 0 aromatic heterocycles. The molecule has 4 rings (SSSR count). The second kappa shape index (κ2) is 7.31. The molecule has 1 fully saturated rings. The number of rotatable bonds is 6. The van der Waals surface area contributed by atoms with Crippen LogP contribution in [-0.4, -0.2) is 25.2 Å². The van der Waals surface area contributed by atoms with Gasteiger partial charge in [-0.05, 0) is 43.2 Å². The van der Waals surface area contributed by atoms with Gasteiger partial charge in [0.25, 0.3) is 0 Å². The van der Waals surface area contributed by atoms with Crippen molar-refractivity contribution in [1.82, 2.24) is 5.32 Å². The molecular weight excluding hydrogens is 344 g/mol.